The van der Waals surface area contributed by atoms with Crippen LogP contribution in [0.3, 0.4) is 0 Å². The van der Waals surface area contributed by atoms with E-state index in [2.05, 4.69) is 57.4 Å². The topological polar surface area (TPSA) is 44.4 Å². The number of anilines is 2. The lowest BCUT2D eigenvalue weighted by Gasteiger charge is -2.22. The summed E-state index contributed by atoms with van der Waals surface area (Å²) in [6.45, 7) is 8.22. The Kier molecular flexibility index (Phi) is 6.96. The summed E-state index contributed by atoms with van der Waals surface area (Å²) in [6, 6.07) is 13.3. The first-order chi connectivity index (χ1) is 11.9. The van der Waals surface area contributed by atoms with Crippen molar-refractivity contribution in [2.45, 2.75) is 20.8 Å². The van der Waals surface area contributed by atoms with E-state index in [4.69, 9.17) is 12.2 Å². The van der Waals surface area contributed by atoms with Crippen LogP contribution >= 0.6 is 28.1 Å². The lowest BCUT2D eigenvalue weighted by Crippen LogP contribution is -2.34. The number of amides is 1. The Morgan fingerprint density at radius 3 is 2.48 bits per heavy atom. The van der Waals surface area contributed by atoms with E-state index in [1.807, 2.05) is 25.1 Å². The van der Waals surface area contributed by atoms with Crippen molar-refractivity contribution < 1.29 is 4.79 Å². The Morgan fingerprint density at radius 1 is 1.16 bits per heavy atom. The van der Waals surface area contributed by atoms with E-state index in [-0.39, 0.29) is 11.0 Å². The van der Waals surface area contributed by atoms with E-state index in [0.29, 0.717) is 5.56 Å². The fraction of sp³-hybridized carbons (Fsp3) is 0.263. The molecule has 132 valence electrons. The minimum atomic E-state index is -0.240. The van der Waals surface area contributed by atoms with Crippen molar-refractivity contribution >= 4 is 50.5 Å². The van der Waals surface area contributed by atoms with Gasteiger partial charge in [0.05, 0.1) is 0 Å². The smallest absolute Gasteiger partial charge is 0.257 e. The first kappa shape index (κ1) is 19.4. The number of hydrogen-bond acceptors (Lipinski definition) is 3. The zero-order chi connectivity index (χ0) is 18.4. The van der Waals surface area contributed by atoms with Gasteiger partial charge in [0.1, 0.15) is 0 Å². The zero-order valence-corrected chi connectivity index (χ0v) is 17.0. The van der Waals surface area contributed by atoms with Crippen LogP contribution in [0.4, 0.5) is 11.4 Å². The van der Waals surface area contributed by atoms with Gasteiger partial charge < -0.3 is 10.2 Å². The van der Waals surface area contributed by atoms with Crippen molar-refractivity contribution in [3.05, 3.63) is 58.1 Å². The van der Waals surface area contributed by atoms with Gasteiger partial charge in [-0.1, -0.05) is 22.0 Å². The highest BCUT2D eigenvalue weighted by molar-refractivity contribution is 9.10. The van der Waals surface area contributed by atoms with Crippen LogP contribution in [-0.4, -0.2) is 24.1 Å². The Balaban J connectivity index is 2.04. The second-order valence-corrected chi connectivity index (χ2v) is 6.91. The molecule has 2 aromatic rings. The summed E-state index contributed by atoms with van der Waals surface area (Å²) in [6.07, 6.45) is 0. The number of rotatable bonds is 5. The minimum absolute atomic E-state index is 0.240. The molecule has 0 aliphatic rings. The molecule has 0 aliphatic heterocycles. The minimum Gasteiger partial charge on any atom is -0.372 e. The normalized spacial score (nSPS) is 10.2. The first-order valence-electron chi connectivity index (χ1n) is 8.18. The summed E-state index contributed by atoms with van der Waals surface area (Å²) < 4.78 is 0.849. The Labute approximate surface area is 162 Å². The van der Waals surface area contributed by atoms with E-state index in [0.717, 1.165) is 28.8 Å². The van der Waals surface area contributed by atoms with Crippen LogP contribution in [0.1, 0.15) is 29.8 Å². The molecule has 0 atom stereocenters. The van der Waals surface area contributed by atoms with Gasteiger partial charge >= 0.3 is 0 Å². The summed E-state index contributed by atoms with van der Waals surface area (Å²) in [7, 11) is 0. The molecule has 0 heterocycles. The number of nitrogens with zero attached hydrogens (tertiary/aromatic N) is 1. The maximum Gasteiger partial charge on any atom is 0.257 e. The molecule has 0 spiro atoms. The average molecular weight is 420 g/mol. The van der Waals surface area contributed by atoms with Gasteiger partial charge in [0.25, 0.3) is 5.91 Å². The second kappa shape index (κ2) is 8.97. The van der Waals surface area contributed by atoms with E-state index < -0.39 is 0 Å². The third-order valence-electron chi connectivity index (χ3n) is 3.90. The molecule has 0 saturated heterocycles. The van der Waals surface area contributed by atoms with Crippen LogP contribution in [0, 0.1) is 6.92 Å². The number of carbonyl (C=O) groups is 1. The van der Waals surface area contributed by atoms with Crippen molar-refractivity contribution in [3.63, 3.8) is 0 Å². The maximum atomic E-state index is 12.2. The van der Waals surface area contributed by atoms with Gasteiger partial charge in [-0.05, 0) is 75.0 Å². The third-order valence-corrected chi connectivity index (χ3v) is 4.60. The van der Waals surface area contributed by atoms with Crippen LogP contribution in [0.5, 0.6) is 0 Å². The molecule has 0 radical (unpaired) electrons. The Morgan fingerprint density at radius 2 is 1.88 bits per heavy atom. The molecule has 2 rings (SSSR count). The SMILES string of the molecule is CCN(CC)c1ccc(NC(=S)NC(=O)c2cccc(Br)c2)c(C)c1. The first-order valence-corrected chi connectivity index (χ1v) is 9.38. The van der Waals surface area contributed by atoms with Crippen molar-refractivity contribution in [2.75, 3.05) is 23.3 Å². The van der Waals surface area contributed by atoms with Gasteiger partial charge in [-0.2, -0.15) is 0 Å². The summed E-state index contributed by atoms with van der Waals surface area (Å²) >= 11 is 8.63. The molecule has 2 aromatic carbocycles. The van der Waals surface area contributed by atoms with Gasteiger partial charge in [0.15, 0.2) is 5.11 Å². The van der Waals surface area contributed by atoms with E-state index in [9.17, 15) is 4.79 Å². The van der Waals surface area contributed by atoms with Crippen molar-refractivity contribution in [3.8, 4) is 0 Å². The standard InChI is InChI=1S/C19H22BrN3OS/c1-4-23(5-2)16-9-10-17(13(3)11-16)21-19(25)22-18(24)14-7-6-8-15(20)12-14/h6-12H,4-5H2,1-3H3,(H2,21,22,24,25). The van der Waals surface area contributed by atoms with Gasteiger partial charge in [-0.25, -0.2) is 0 Å². The van der Waals surface area contributed by atoms with E-state index in [1.54, 1.807) is 12.1 Å². The molecule has 4 nitrogen and oxygen atoms in total. The molecular formula is C19H22BrN3OS. The third kappa shape index (κ3) is 5.28. The molecule has 0 aliphatic carbocycles. The molecular weight excluding hydrogens is 398 g/mol. The van der Waals surface area contributed by atoms with Crippen LogP contribution in [-0.2, 0) is 0 Å². The highest BCUT2D eigenvalue weighted by Crippen LogP contribution is 2.22. The molecule has 25 heavy (non-hydrogen) atoms. The molecule has 0 aromatic heterocycles. The highest BCUT2D eigenvalue weighted by Gasteiger charge is 2.10. The van der Waals surface area contributed by atoms with Gasteiger partial charge in [-0.15, -0.1) is 0 Å². The fourth-order valence-electron chi connectivity index (χ4n) is 2.53. The van der Waals surface area contributed by atoms with Crippen LogP contribution in [0.15, 0.2) is 46.9 Å². The second-order valence-electron chi connectivity index (χ2n) is 5.59. The van der Waals surface area contributed by atoms with Crippen molar-refractivity contribution in [1.29, 1.82) is 0 Å². The Hall–Kier alpha value is -1.92. The molecule has 0 bridgehead atoms. The van der Waals surface area contributed by atoms with Crippen LogP contribution < -0.4 is 15.5 Å². The molecule has 0 saturated carbocycles. The number of hydrogen-bond donors (Lipinski definition) is 2. The van der Waals surface area contributed by atoms with Crippen molar-refractivity contribution in [2.24, 2.45) is 0 Å². The number of benzene rings is 2. The number of aryl methyl sites for hydroxylation is 1. The monoisotopic (exact) mass is 419 g/mol. The molecule has 2 N–H and O–H groups in total. The molecule has 0 fully saturated rings. The van der Waals surface area contributed by atoms with Crippen molar-refractivity contribution in [1.82, 2.24) is 5.32 Å². The van der Waals surface area contributed by atoms with Crippen LogP contribution in [0.25, 0.3) is 0 Å². The quantitative estimate of drug-likeness (QED) is 0.687. The fourth-order valence-corrected chi connectivity index (χ4v) is 3.13. The van der Waals surface area contributed by atoms with Gasteiger partial charge in [-0.3, -0.25) is 10.1 Å². The zero-order valence-electron chi connectivity index (χ0n) is 14.6. The largest absolute Gasteiger partial charge is 0.372 e. The highest BCUT2D eigenvalue weighted by atomic mass is 79.9. The predicted octanol–water partition coefficient (Wildman–Crippen LogP) is 4.73. The summed E-state index contributed by atoms with van der Waals surface area (Å²) in [5.74, 6) is -0.240. The summed E-state index contributed by atoms with van der Waals surface area (Å²) in [5.41, 5.74) is 3.68. The lowest BCUT2D eigenvalue weighted by molar-refractivity contribution is 0.0977. The average Bonchev–Trinajstić information content (AvgIpc) is 2.58. The Bertz CT molecular complexity index is 775. The van der Waals surface area contributed by atoms with Gasteiger partial charge in [0.2, 0.25) is 0 Å². The summed E-state index contributed by atoms with van der Waals surface area (Å²) in [4.78, 5) is 14.5. The van der Waals surface area contributed by atoms with E-state index >= 15 is 0 Å². The molecule has 6 heteroatoms. The summed E-state index contributed by atoms with van der Waals surface area (Å²) in [5, 5.41) is 6.09. The lowest BCUT2D eigenvalue weighted by atomic mass is 10.1. The predicted molar refractivity (Wildman–Crippen MR) is 113 cm³/mol. The van der Waals surface area contributed by atoms with E-state index in [1.165, 1.54) is 5.69 Å². The van der Waals surface area contributed by atoms with Gasteiger partial charge in [0, 0.05) is 34.5 Å². The molecule has 1 amide bonds. The maximum absolute atomic E-state index is 12.2. The molecule has 0 unspecified atom stereocenters. The number of thiocarbonyl (C=S) groups is 1. The number of nitrogens with one attached hydrogen (secondary N) is 2. The number of halogens is 1. The number of carbonyl (C=O) groups excluding carboxylic acids is 1. The van der Waals surface area contributed by atoms with Crippen LogP contribution in [0.2, 0.25) is 0 Å².